The lowest BCUT2D eigenvalue weighted by Gasteiger charge is -2.07. The number of anilines is 2. The second kappa shape index (κ2) is 4.85. The van der Waals surface area contributed by atoms with Gasteiger partial charge in [-0.1, -0.05) is 6.92 Å². The molecule has 80 valence electrons. The van der Waals surface area contributed by atoms with Gasteiger partial charge in [-0.3, -0.25) is 0 Å². The molecule has 0 aliphatic rings. The third-order valence-corrected chi connectivity index (χ3v) is 2.29. The molecule has 0 aromatic carbocycles. The molecule has 1 rings (SSSR count). The minimum Gasteiger partial charge on any atom is -0.394 e. The lowest BCUT2D eigenvalue weighted by Crippen LogP contribution is -2.09. The first-order valence-electron chi connectivity index (χ1n) is 4.90. The summed E-state index contributed by atoms with van der Waals surface area (Å²) in [5.74, 6) is 0.510. The number of hydrogen-bond donors (Lipinski definition) is 3. The van der Waals surface area contributed by atoms with Crippen molar-refractivity contribution in [2.24, 2.45) is 0 Å². The topological polar surface area (TPSA) is 90.1 Å². The van der Waals surface area contributed by atoms with Gasteiger partial charge in [-0.2, -0.15) is 5.10 Å². The summed E-state index contributed by atoms with van der Waals surface area (Å²) < 4.78 is 1.66. The molecule has 5 nitrogen and oxygen atoms in total. The van der Waals surface area contributed by atoms with Gasteiger partial charge in [-0.05, 0) is 19.3 Å². The SMILES string of the molecule is CCC(O)CCCn1ncc(N)c1N. The summed E-state index contributed by atoms with van der Waals surface area (Å²) in [6.07, 6.45) is 3.75. The normalized spacial score (nSPS) is 13.0. The quantitative estimate of drug-likeness (QED) is 0.646. The van der Waals surface area contributed by atoms with Gasteiger partial charge in [0.25, 0.3) is 0 Å². The average Bonchev–Trinajstić information content (AvgIpc) is 2.49. The Bertz CT molecular complexity index is 284. The van der Waals surface area contributed by atoms with Crippen molar-refractivity contribution in [1.82, 2.24) is 9.78 Å². The molecule has 1 aromatic heterocycles. The van der Waals surface area contributed by atoms with E-state index in [1.807, 2.05) is 6.92 Å². The molecule has 0 amide bonds. The lowest BCUT2D eigenvalue weighted by atomic mass is 10.1. The van der Waals surface area contributed by atoms with Crippen molar-refractivity contribution < 1.29 is 5.11 Å². The van der Waals surface area contributed by atoms with Crippen LogP contribution in [0, 0.1) is 0 Å². The third kappa shape index (κ3) is 2.63. The van der Waals surface area contributed by atoms with E-state index in [0.29, 0.717) is 18.1 Å². The van der Waals surface area contributed by atoms with Crippen LogP contribution in [0.2, 0.25) is 0 Å². The highest BCUT2D eigenvalue weighted by Gasteiger charge is 2.05. The highest BCUT2D eigenvalue weighted by atomic mass is 16.3. The summed E-state index contributed by atoms with van der Waals surface area (Å²) in [6.45, 7) is 2.67. The summed E-state index contributed by atoms with van der Waals surface area (Å²) in [7, 11) is 0. The van der Waals surface area contributed by atoms with Gasteiger partial charge in [0.05, 0.1) is 18.0 Å². The molecule has 0 aliphatic heterocycles. The molecule has 0 saturated heterocycles. The highest BCUT2D eigenvalue weighted by Crippen LogP contribution is 2.13. The van der Waals surface area contributed by atoms with Gasteiger partial charge < -0.3 is 16.6 Å². The first-order chi connectivity index (χ1) is 6.65. The Morgan fingerprint density at radius 1 is 1.57 bits per heavy atom. The van der Waals surface area contributed by atoms with Crippen molar-refractivity contribution in [2.75, 3.05) is 11.5 Å². The fourth-order valence-electron chi connectivity index (χ4n) is 1.27. The van der Waals surface area contributed by atoms with E-state index in [2.05, 4.69) is 5.10 Å². The molecule has 1 atom stereocenters. The summed E-state index contributed by atoms with van der Waals surface area (Å²) in [4.78, 5) is 0. The number of nitrogen functional groups attached to an aromatic ring is 2. The minimum absolute atomic E-state index is 0.218. The minimum atomic E-state index is -0.218. The number of rotatable bonds is 5. The number of nitrogens with zero attached hydrogens (tertiary/aromatic N) is 2. The van der Waals surface area contributed by atoms with Gasteiger partial charge in [-0.25, -0.2) is 4.68 Å². The molecule has 1 unspecified atom stereocenters. The van der Waals surface area contributed by atoms with Crippen molar-refractivity contribution in [1.29, 1.82) is 0 Å². The van der Waals surface area contributed by atoms with Crippen LogP contribution in [0.25, 0.3) is 0 Å². The smallest absolute Gasteiger partial charge is 0.145 e. The second-order valence-corrected chi connectivity index (χ2v) is 3.41. The molecule has 0 aliphatic carbocycles. The van der Waals surface area contributed by atoms with Crippen LogP contribution >= 0.6 is 0 Å². The zero-order valence-corrected chi connectivity index (χ0v) is 8.48. The van der Waals surface area contributed by atoms with Gasteiger partial charge >= 0.3 is 0 Å². The van der Waals surface area contributed by atoms with E-state index in [1.165, 1.54) is 0 Å². The van der Waals surface area contributed by atoms with E-state index >= 15 is 0 Å². The summed E-state index contributed by atoms with van der Waals surface area (Å²) in [5.41, 5.74) is 11.7. The van der Waals surface area contributed by atoms with Gasteiger partial charge in [-0.15, -0.1) is 0 Å². The Labute approximate surface area is 83.7 Å². The fourth-order valence-corrected chi connectivity index (χ4v) is 1.27. The second-order valence-electron chi connectivity index (χ2n) is 3.41. The van der Waals surface area contributed by atoms with Crippen LogP contribution in [0.15, 0.2) is 6.20 Å². The zero-order valence-electron chi connectivity index (χ0n) is 8.48. The predicted molar refractivity (Wildman–Crippen MR) is 56.6 cm³/mol. The van der Waals surface area contributed by atoms with Crippen LogP contribution in [-0.4, -0.2) is 21.0 Å². The molecule has 5 N–H and O–H groups in total. The highest BCUT2D eigenvalue weighted by molar-refractivity contribution is 5.56. The first-order valence-corrected chi connectivity index (χ1v) is 4.90. The molecule has 5 heteroatoms. The van der Waals surface area contributed by atoms with E-state index in [9.17, 15) is 5.11 Å². The van der Waals surface area contributed by atoms with Crippen LogP contribution in [0.3, 0.4) is 0 Å². The van der Waals surface area contributed by atoms with Crippen molar-refractivity contribution in [3.63, 3.8) is 0 Å². The number of aliphatic hydroxyl groups is 1. The van der Waals surface area contributed by atoms with Crippen LogP contribution in [-0.2, 0) is 6.54 Å². The zero-order chi connectivity index (χ0) is 10.6. The predicted octanol–water partition coefficient (Wildman–Crippen LogP) is 0.599. The summed E-state index contributed by atoms with van der Waals surface area (Å²) >= 11 is 0. The number of nitrogens with two attached hydrogens (primary N) is 2. The third-order valence-electron chi connectivity index (χ3n) is 2.29. The van der Waals surface area contributed by atoms with E-state index < -0.39 is 0 Å². The van der Waals surface area contributed by atoms with E-state index in [1.54, 1.807) is 10.9 Å². The molecule has 0 radical (unpaired) electrons. The molecule has 14 heavy (non-hydrogen) atoms. The van der Waals surface area contributed by atoms with Crippen LogP contribution in [0.4, 0.5) is 11.5 Å². The maximum Gasteiger partial charge on any atom is 0.145 e. The van der Waals surface area contributed by atoms with Gasteiger partial charge in [0.2, 0.25) is 0 Å². The van der Waals surface area contributed by atoms with Crippen LogP contribution in [0.5, 0.6) is 0 Å². The summed E-state index contributed by atoms with van der Waals surface area (Å²) in [6, 6.07) is 0. The lowest BCUT2D eigenvalue weighted by molar-refractivity contribution is 0.155. The van der Waals surface area contributed by atoms with E-state index in [-0.39, 0.29) is 6.10 Å². The number of aryl methyl sites for hydroxylation is 1. The Hall–Kier alpha value is -1.23. The summed E-state index contributed by atoms with van der Waals surface area (Å²) in [5, 5.41) is 13.3. The van der Waals surface area contributed by atoms with E-state index in [0.717, 1.165) is 19.3 Å². The molecule has 1 aromatic rings. The number of aliphatic hydroxyl groups excluding tert-OH is 1. The van der Waals surface area contributed by atoms with Crippen molar-refractivity contribution in [3.8, 4) is 0 Å². The Morgan fingerprint density at radius 3 is 2.79 bits per heavy atom. The van der Waals surface area contributed by atoms with Gasteiger partial charge in [0.15, 0.2) is 0 Å². The Balaban J connectivity index is 2.35. The molecule has 0 fully saturated rings. The Morgan fingerprint density at radius 2 is 2.29 bits per heavy atom. The molecular formula is C9H18N4O. The molecular weight excluding hydrogens is 180 g/mol. The van der Waals surface area contributed by atoms with Crippen LogP contribution in [0.1, 0.15) is 26.2 Å². The maximum absolute atomic E-state index is 9.32. The first kappa shape index (κ1) is 10.8. The standard InChI is InChI=1S/C9H18N4O/c1-2-7(14)4-3-5-13-9(11)8(10)6-12-13/h6-7,14H,2-5,10-11H2,1H3. The van der Waals surface area contributed by atoms with E-state index in [4.69, 9.17) is 11.5 Å². The number of hydrogen-bond acceptors (Lipinski definition) is 4. The maximum atomic E-state index is 9.32. The van der Waals surface area contributed by atoms with Crippen molar-refractivity contribution >= 4 is 11.5 Å². The number of aromatic nitrogens is 2. The van der Waals surface area contributed by atoms with Crippen molar-refractivity contribution in [2.45, 2.75) is 38.8 Å². The average molecular weight is 198 g/mol. The molecule has 0 spiro atoms. The monoisotopic (exact) mass is 198 g/mol. The fraction of sp³-hybridized carbons (Fsp3) is 0.667. The van der Waals surface area contributed by atoms with Gasteiger partial charge in [0.1, 0.15) is 5.82 Å². The van der Waals surface area contributed by atoms with Gasteiger partial charge in [0, 0.05) is 6.54 Å². The largest absolute Gasteiger partial charge is 0.394 e. The van der Waals surface area contributed by atoms with Crippen LogP contribution < -0.4 is 11.5 Å². The molecule has 0 bridgehead atoms. The molecule has 1 heterocycles. The molecule has 0 saturated carbocycles. The van der Waals surface area contributed by atoms with Crippen molar-refractivity contribution in [3.05, 3.63) is 6.20 Å². The Kier molecular flexibility index (Phi) is 3.76.